The normalized spacial score (nSPS) is 32.0. The fourth-order valence-electron chi connectivity index (χ4n) is 4.33. The molecule has 1 heterocycles. The number of amides is 2. The SMILES string of the molecule is CC(C)(C)OC(=O)N[C@@H]1CC[C@@H]2CN(C(=O)C[C@H]3C=CCC3)C[C@@H]21. The lowest BCUT2D eigenvalue weighted by atomic mass is 9.98. The highest BCUT2D eigenvalue weighted by atomic mass is 16.6. The van der Waals surface area contributed by atoms with Crippen molar-refractivity contribution in [2.24, 2.45) is 17.8 Å². The van der Waals surface area contributed by atoms with Crippen molar-refractivity contribution in [2.45, 2.75) is 64.5 Å². The molecule has 1 aliphatic heterocycles. The Balaban J connectivity index is 1.51. The number of hydrogen-bond acceptors (Lipinski definition) is 3. The maximum Gasteiger partial charge on any atom is 0.407 e. The number of fused-ring (bicyclic) bond motifs is 1. The molecule has 2 fully saturated rings. The first kappa shape index (κ1) is 17.3. The fraction of sp³-hybridized carbons (Fsp3) is 0.789. The molecule has 0 aromatic carbocycles. The minimum Gasteiger partial charge on any atom is -0.444 e. The van der Waals surface area contributed by atoms with E-state index in [-0.39, 0.29) is 18.0 Å². The summed E-state index contributed by atoms with van der Waals surface area (Å²) < 4.78 is 5.37. The number of carbonyl (C=O) groups excluding carboxylic acids is 2. The number of rotatable bonds is 3. The van der Waals surface area contributed by atoms with Crippen molar-refractivity contribution in [3.8, 4) is 0 Å². The van der Waals surface area contributed by atoms with Gasteiger partial charge in [-0.3, -0.25) is 4.79 Å². The van der Waals surface area contributed by atoms with Crippen LogP contribution in [0.5, 0.6) is 0 Å². The first-order chi connectivity index (χ1) is 11.3. The predicted molar refractivity (Wildman–Crippen MR) is 92.4 cm³/mol. The van der Waals surface area contributed by atoms with Gasteiger partial charge in [-0.2, -0.15) is 0 Å². The van der Waals surface area contributed by atoms with Gasteiger partial charge in [-0.15, -0.1) is 0 Å². The van der Waals surface area contributed by atoms with Gasteiger partial charge in [0.25, 0.3) is 0 Å². The van der Waals surface area contributed by atoms with Crippen molar-refractivity contribution in [3.63, 3.8) is 0 Å². The summed E-state index contributed by atoms with van der Waals surface area (Å²) in [5.41, 5.74) is -0.478. The van der Waals surface area contributed by atoms with E-state index in [1.54, 1.807) is 0 Å². The first-order valence-electron chi connectivity index (χ1n) is 9.26. The number of hydrogen-bond donors (Lipinski definition) is 1. The van der Waals surface area contributed by atoms with Gasteiger partial charge in [-0.05, 0) is 58.3 Å². The van der Waals surface area contributed by atoms with Crippen molar-refractivity contribution in [3.05, 3.63) is 12.2 Å². The van der Waals surface area contributed by atoms with Crippen molar-refractivity contribution in [2.75, 3.05) is 13.1 Å². The van der Waals surface area contributed by atoms with Gasteiger partial charge in [-0.25, -0.2) is 4.79 Å². The number of nitrogens with zero attached hydrogens (tertiary/aromatic N) is 1. The monoisotopic (exact) mass is 334 g/mol. The lowest BCUT2D eigenvalue weighted by Gasteiger charge is -2.25. The van der Waals surface area contributed by atoms with Crippen LogP contribution in [-0.2, 0) is 9.53 Å². The van der Waals surface area contributed by atoms with Crippen LogP contribution in [0.1, 0.15) is 52.9 Å². The summed E-state index contributed by atoms with van der Waals surface area (Å²) in [5, 5.41) is 3.03. The van der Waals surface area contributed by atoms with Crippen LogP contribution in [-0.4, -0.2) is 41.6 Å². The Morgan fingerprint density at radius 2 is 2.00 bits per heavy atom. The number of carbonyl (C=O) groups is 2. The molecule has 2 aliphatic carbocycles. The molecule has 5 nitrogen and oxygen atoms in total. The van der Waals surface area contributed by atoms with E-state index >= 15 is 0 Å². The molecule has 0 radical (unpaired) electrons. The molecule has 2 amide bonds. The van der Waals surface area contributed by atoms with Crippen molar-refractivity contribution >= 4 is 12.0 Å². The Hall–Kier alpha value is -1.52. The van der Waals surface area contributed by atoms with E-state index in [1.165, 1.54) is 0 Å². The zero-order chi connectivity index (χ0) is 17.3. The quantitative estimate of drug-likeness (QED) is 0.807. The number of likely N-dealkylation sites (tertiary alicyclic amines) is 1. The van der Waals surface area contributed by atoms with Gasteiger partial charge in [0.2, 0.25) is 5.91 Å². The van der Waals surface area contributed by atoms with Crippen LogP contribution in [0.2, 0.25) is 0 Å². The van der Waals surface area contributed by atoms with Crippen LogP contribution >= 0.6 is 0 Å². The average molecular weight is 334 g/mol. The molecule has 134 valence electrons. The van der Waals surface area contributed by atoms with Gasteiger partial charge in [-0.1, -0.05) is 12.2 Å². The highest BCUT2D eigenvalue weighted by Crippen LogP contribution is 2.39. The topological polar surface area (TPSA) is 58.6 Å². The molecule has 1 N–H and O–H groups in total. The van der Waals surface area contributed by atoms with E-state index in [0.29, 0.717) is 24.2 Å². The number of allylic oxidation sites excluding steroid dienone is 2. The van der Waals surface area contributed by atoms with Gasteiger partial charge in [0, 0.05) is 31.5 Å². The molecule has 0 bridgehead atoms. The van der Waals surface area contributed by atoms with E-state index in [1.807, 2.05) is 25.7 Å². The highest BCUT2D eigenvalue weighted by molar-refractivity contribution is 5.77. The van der Waals surface area contributed by atoms with Gasteiger partial charge in [0.05, 0.1) is 0 Å². The number of ether oxygens (including phenoxy) is 1. The van der Waals surface area contributed by atoms with Crippen molar-refractivity contribution in [1.29, 1.82) is 0 Å². The van der Waals surface area contributed by atoms with Gasteiger partial charge < -0.3 is 15.0 Å². The predicted octanol–water partition coefficient (Wildman–Crippen LogP) is 3.10. The van der Waals surface area contributed by atoms with E-state index in [2.05, 4.69) is 17.5 Å². The Kier molecular flexibility index (Phi) is 4.88. The summed E-state index contributed by atoms with van der Waals surface area (Å²) in [6.07, 6.45) is 8.94. The Morgan fingerprint density at radius 1 is 1.21 bits per heavy atom. The lowest BCUT2D eigenvalue weighted by Crippen LogP contribution is -2.42. The summed E-state index contributed by atoms with van der Waals surface area (Å²) in [5.74, 6) is 1.60. The zero-order valence-electron chi connectivity index (χ0n) is 15.1. The molecule has 24 heavy (non-hydrogen) atoms. The summed E-state index contributed by atoms with van der Waals surface area (Å²) in [4.78, 5) is 26.6. The fourth-order valence-corrected chi connectivity index (χ4v) is 4.33. The number of alkyl carbamates (subject to hydrolysis) is 1. The minimum absolute atomic E-state index is 0.133. The van der Waals surface area contributed by atoms with Crippen LogP contribution in [0.3, 0.4) is 0 Å². The average Bonchev–Trinajstić information content (AvgIpc) is 3.14. The molecule has 1 saturated carbocycles. The molecule has 0 unspecified atom stereocenters. The highest BCUT2D eigenvalue weighted by Gasteiger charge is 2.44. The molecule has 1 saturated heterocycles. The molecular weight excluding hydrogens is 304 g/mol. The summed E-state index contributed by atoms with van der Waals surface area (Å²) >= 11 is 0. The second kappa shape index (κ2) is 6.77. The second-order valence-electron chi connectivity index (χ2n) is 8.52. The summed E-state index contributed by atoms with van der Waals surface area (Å²) in [6, 6.07) is 0.133. The third kappa shape index (κ3) is 4.11. The molecule has 0 aromatic rings. The molecular formula is C19H30N2O3. The summed E-state index contributed by atoms with van der Waals surface area (Å²) in [6.45, 7) is 7.25. The largest absolute Gasteiger partial charge is 0.444 e. The molecule has 3 aliphatic rings. The van der Waals surface area contributed by atoms with E-state index in [9.17, 15) is 9.59 Å². The van der Waals surface area contributed by atoms with E-state index in [4.69, 9.17) is 4.74 Å². The van der Waals surface area contributed by atoms with Crippen LogP contribution in [0.4, 0.5) is 4.79 Å². The Morgan fingerprint density at radius 3 is 2.67 bits per heavy atom. The zero-order valence-corrected chi connectivity index (χ0v) is 15.1. The molecule has 0 spiro atoms. The van der Waals surface area contributed by atoms with Gasteiger partial charge >= 0.3 is 6.09 Å². The maximum absolute atomic E-state index is 12.5. The third-order valence-electron chi connectivity index (χ3n) is 5.46. The molecule has 5 heteroatoms. The summed E-state index contributed by atoms with van der Waals surface area (Å²) in [7, 11) is 0. The molecule has 4 atom stereocenters. The standard InChI is InChI=1S/C19H30N2O3/c1-19(2,3)24-18(23)20-16-9-8-14-11-21(12-15(14)16)17(22)10-13-6-4-5-7-13/h4,6,13-16H,5,7-12H2,1-3H3,(H,20,23)/t13-,14+,15-,16+/m0/s1. The number of nitrogens with one attached hydrogen (secondary N) is 1. The van der Waals surface area contributed by atoms with Crippen LogP contribution in [0, 0.1) is 17.8 Å². The van der Waals surface area contributed by atoms with E-state index < -0.39 is 5.60 Å². The second-order valence-corrected chi connectivity index (χ2v) is 8.52. The minimum atomic E-state index is -0.478. The Labute approximate surface area is 144 Å². The molecule has 3 rings (SSSR count). The van der Waals surface area contributed by atoms with E-state index in [0.717, 1.165) is 38.8 Å². The molecule has 0 aromatic heterocycles. The van der Waals surface area contributed by atoms with Gasteiger partial charge in [0.15, 0.2) is 0 Å². The van der Waals surface area contributed by atoms with Crippen molar-refractivity contribution in [1.82, 2.24) is 10.2 Å². The lowest BCUT2D eigenvalue weighted by molar-refractivity contribution is -0.131. The third-order valence-corrected chi connectivity index (χ3v) is 5.46. The van der Waals surface area contributed by atoms with Crippen LogP contribution in [0.15, 0.2) is 12.2 Å². The first-order valence-corrected chi connectivity index (χ1v) is 9.26. The van der Waals surface area contributed by atoms with Crippen molar-refractivity contribution < 1.29 is 14.3 Å². The van der Waals surface area contributed by atoms with Crippen LogP contribution in [0.25, 0.3) is 0 Å². The van der Waals surface area contributed by atoms with Gasteiger partial charge in [0.1, 0.15) is 5.60 Å². The smallest absolute Gasteiger partial charge is 0.407 e. The Bertz CT molecular complexity index is 523. The maximum atomic E-state index is 12.5. The van der Waals surface area contributed by atoms with Crippen LogP contribution < -0.4 is 5.32 Å².